The second kappa shape index (κ2) is 6.95. The van der Waals surface area contributed by atoms with Gasteiger partial charge in [-0.1, -0.05) is 0 Å². The zero-order valence-electron chi connectivity index (χ0n) is 12.1. The molecule has 2 heterocycles. The summed E-state index contributed by atoms with van der Waals surface area (Å²) >= 11 is 3.12. The van der Waals surface area contributed by atoms with Crippen LogP contribution >= 0.6 is 15.9 Å². The molecule has 1 aromatic rings. The number of piperidine rings is 1. The van der Waals surface area contributed by atoms with E-state index >= 15 is 0 Å². The van der Waals surface area contributed by atoms with Crippen molar-refractivity contribution in [3.63, 3.8) is 0 Å². The fraction of sp³-hybridized carbons (Fsp3) is 0.500. The molecule has 0 spiro atoms. The Morgan fingerprint density at radius 3 is 2.50 bits per heavy atom. The van der Waals surface area contributed by atoms with E-state index in [1.165, 1.54) is 18.0 Å². The highest BCUT2D eigenvalue weighted by Gasteiger charge is 2.28. The number of halogens is 1. The first-order chi connectivity index (χ1) is 10.4. The van der Waals surface area contributed by atoms with Gasteiger partial charge in [0.1, 0.15) is 0 Å². The highest BCUT2D eigenvalue weighted by Crippen LogP contribution is 2.18. The third-order valence-corrected chi connectivity index (χ3v) is 4.13. The number of likely N-dealkylation sites (tertiary alicyclic amines) is 1. The molecule has 1 aromatic heterocycles. The molecule has 120 valence electrons. The second-order valence-corrected chi connectivity index (χ2v) is 6.04. The van der Waals surface area contributed by atoms with Crippen LogP contribution in [0.2, 0.25) is 0 Å². The smallest absolute Gasteiger partial charge is 0.306 e. The number of furan rings is 1. The van der Waals surface area contributed by atoms with Gasteiger partial charge in [-0.2, -0.15) is 0 Å². The van der Waals surface area contributed by atoms with Crippen LogP contribution in [0.5, 0.6) is 0 Å². The summed E-state index contributed by atoms with van der Waals surface area (Å²) in [5.41, 5.74) is 0. The van der Waals surface area contributed by atoms with Gasteiger partial charge in [-0.05, 0) is 40.9 Å². The molecule has 1 aliphatic rings. The van der Waals surface area contributed by atoms with Crippen LogP contribution in [-0.2, 0) is 9.59 Å². The predicted octanol–water partition coefficient (Wildman–Crippen LogP) is 1.44. The topological polar surface area (TPSA) is 91.1 Å². The SMILES string of the molecule is CN(CC(=O)N1CCC(C(=O)O)CC1)C(=O)c1ccc(Br)o1. The molecule has 2 amide bonds. The van der Waals surface area contributed by atoms with E-state index in [0.717, 1.165) is 0 Å². The summed E-state index contributed by atoms with van der Waals surface area (Å²) in [5.74, 6) is -1.61. The minimum Gasteiger partial charge on any atom is -0.481 e. The van der Waals surface area contributed by atoms with Gasteiger partial charge in [-0.3, -0.25) is 14.4 Å². The number of hydrogen-bond donors (Lipinski definition) is 1. The lowest BCUT2D eigenvalue weighted by Gasteiger charge is -2.31. The lowest BCUT2D eigenvalue weighted by atomic mass is 9.97. The van der Waals surface area contributed by atoms with E-state index in [4.69, 9.17) is 9.52 Å². The standard InChI is InChI=1S/C14H17BrN2O5/c1-16(13(19)10-2-3-11(15)22-10)8-12(18)17-6-4-9(5-7-17)14(20)21/h2-3,9H,4-8H2,1H3,(H,20,21). The van der Waals surface area contributed by atoms with Crippen LogP contribution in [0.1, 0.15) is 23.4 Å². The molecule has 22 heavy (non-hydrogen) atoms. The highest BCUT2D eigenvalue weighted by atomic mass is 79.9. The average molecular weight is 373 g/mol. The molecule has 0 radical (unpaired) electrons. The Bertz CT molecular complexity index is 578. The fourth-order valence-corrected chi connectivity index (χ4v) is 2.67. The molecule has 1 saturated heterocycles. The summed E-state index contributed by atoms with van der Waals surface area (Å²) in [6.07, 6.45) is 0.897. The van der Waals surface area contributed by atoms with Gasteiger partial charge >= 0.3 is 5.97 Å². The molecule has 0 atom stereocenters. The van der Waals surface area contributed by atoms with Gasteiger partial charge < -0.3 is 19.3 Å². The first kappa shape index (κ1) is 16.5. The average Bonchev–Trinajstić information content (AvgIpc) is 2.92. The van der Waals surface area contributed by atoms with E-state index in [-0.39, 0.29) is 30.0 Å². The molecule has 1 N–H and O–H groups in total. The van der Waals surface area contributed by atoms with Crippen molar-refractivity contribution in [1.82, 2.24) is 9.80 Å². The summed E-state index contributed by atoms with van der Waals surface area (Å²) < 4.78 is 5.62. The molecule has 1 fully saturated rings. The number of carboxylic acids is 1. The van der Waals surface area contributed by atoms with Gasteiger partial charge in [0.25, 0.3) is 5.91 Å². The number of carbonyl (C=O) groups excluding carboxylic acids is 2. The third-order valence-electron chi connectivity index (χ3n) is 3.70. The Labute approximate surface area is 136 Å². The van der Waals surface area contributed by atoms with E-state index < -0.39 is 5.97 Å². The van der Waals surface area contributed by atoms with Crippen LogP contribution < -0.4 is 0 Å². The summed E-state index contributed by atoms with van der Waals surface area (Å²) in [6, 6.07) is 3.14. The van der Waals surface area contributed by atoms with Crippen molar-refractivity contribution in [3.8, 4) is 0 Å². The number of carboxylic acid groups (broad SMARTS) is 1. The molecular formula is C14H17BrN2O5. The largest absolute Gasteiger partial charge is 0.481 e. The third kappa shape index (κ3) is 3.88. The van der Waals surface area contributed by atoms with Crippen molar-refractivity contribution in [2.75, 3.05) is 26.7 Å². The van der Waals surface area contributed by atoms with Crippen LogP contribution in [0, 0.1) is 5.92 Å². The molecule has 0 aromatic carbocycles. The maximum absolute atomic E-state index is 12.2. The number of aliphatic carboxylic acids is 1. The van der Waals surface area contributed by atoms with Gasteiger partial charge in [0, 0.05) is 20.1 Å². The molecule has 8 heteroatoms. The highest BCUT2D eigenvalue weighted by molar-refractivity contribution is 9.10. The van der Waals surface area contributed by atoms with Crippen LogP contribution in [0.25, 0.3) is 0 Å². The Kier molecular flexibility index (Phi) is 5.23. The maximum atomic E-state index is 12.2. The number of rotatable bonds is 4. The minimum atomic E-state index is -0.817. The second-order valence-electron chi connectivity index (χ2n) is 5.26. The molecule has 0 unspecified atom stereocenters. The molecular weight excluding hydrogens is 356 g/mol. The van der Waals surface area contributed by atoms with E-state index in [2.05, 4.69) is 15.9 Å². The predicted molar refractivity (Wildman–Crippen MR) is 80.3 cm³/mol. The molecule has 1 aliphatic heterocycles. The summed E-state index contributed by atoms with van der Waals surface area (Å²) in [5, 5.41) is 8.94. The van der Waals surface area contributed by atoms with Crippen LogP contribution in [0.3, 0.4) is 0 Å². The Morgan fingerprint density at radius 1 is 1.36 bits per heavy atom. The van der Waals surface area contributed by atoms with Crippen molar-refractivity contribution in [2.24, 2.45) is 5.92 Å². The molecule has 2 rings (SSSR count). The minimum absolute atomic E-state index is 0.0606. The Balaban J connectivity index is 1.87. The molecule has 0 saturated carbocycles. The van der Waals surface area contributed by atoms with Crippen molar-refractivity contribution >= 4 is 33.7 Å². The van der Waals surface area contributed by atoms with Crippen LogP contribution in [0.4, 0.5) is 0 Å². The summed E-state index contributed by atoms with van der Waals surface area (Å²) in [6.45, 7) is 0.753. The van der Waals surface area contributed by atoms with Crippen molar-refractivity contribution in [1.29, 1.82) is 0 Å². The number of carbonyl (C=O) groups is 3. The number of likely N-dealkylation sites (N-methyl/N-ethyl adjacent to an activating group) is 1. The van der Waals surface area contributed by atoms with Gasteiger partial charge in [-0.25, -0.2) is 0 Å². The summed E-state index contributed by atoms with van der Waals surface area (Å²) in [4.78, 5) is 38.0. The lowest BCUT2D eigenvalue weighted by molar-refractivity contribution is -0.145. The maximum Gasteiger partial charge on any atom is 0.306 e. The van der Waals surface area contributed by atoms with Crippen molar-refractivity contribution in [2.45, 2.75) is 12.8 Å². The molecule has 7 nitrogen and oxygen atoms in total. The van der Waals surface area contributed by atoms with Gasteiger partial charge in [-0.15, -0.1) is 0 Å². The van der Waals surface area contributed by atoms with E-state index in [1.807, 2.05) is 0 Å². The number of nitrogens with zero attached hydrogens (tertiary/aromatic N) is 2. The first-order valence-corrected chi connectivity index (χ1v) is 7.69. The normalized spacial score (nSPS) is 15.6. The van der Waals surface area contributed by atoms with Crippen LogP contribution in [0.15, 0.2) is 21.2 Å². The summed E-state index contributed by atoms with van der Waals surface area (Å²) in [7, 11) is 1.53. The van der Waals surface area contributed by atoms with Gasteiger partial charge in [0.2, 0.25) is 5.91 Å². The number of hydrogen-bond acceptors (Lipinski definition) is 4. The molecule has 0 aliphatic carbocycles. The van der Waals surface area contributed by atoms with Gasteiger partial charge in [0.15, 0.2) is 10.4 Å². The zero-order valence-corrected chi connectivity index (χ0v) is 13.7. The first-order valence-electron chi connectivity index (χ1n) is 6.90. The van der Waals surface area contributed by atoms with Crippen molar-refractivity contribution < 1.29 is 23.9 Å². The van der Waals surface area contributed by atoms with E-state index in [1.54, 1.807) is 11.0 Å². The monoisotopic (exact) mass is 372 g/mol. The Hall–Kier alpha value is -1.83. The lowest BCUT2D eigenvalue weighted by Crippen LogP contribution is -2.45. The van der Waals surface area contributed by atoms with Gasteiger partial charge in [0.05, 0.1) is 12.5 Å². The quantitative estimate of drug-likeness (QED) is 0.863. The Morgan fingerprint density at radius 2 is 2.00 bits per heavy atom. The number of amides is 2. The molecule has 0 bridgehead atoms. The van der Waals surface area contributed by atoms with Crippen molar-refractivity contribution in [3.05, 3.63) is 22.6 Å². The fourth-order valence-electron chi connectivity index (χ4n) is 2.37. The zero-order chi connectivity index (χ0) is 16.3. The van der Waals surface area contributed by atoms with E-state index in [0.29, 0.717) is 30.6 Å². The van der Waals surface area contributed by atoms with Crippen LogP contribution in [-0.4, -0.2) is 59.4 Å². The van der Waals surface area contributed by atoms with E-state index in [9.17, 15) is 14.4 Å².